The molecule has 5 aromatic rings. The Kier molecular flexibility index (Phi) is 5.88. The van der Waals surface area contributed by atoms with E-state index < -0.39 is 0 Å². The molecule has 0 fully saturated rings. The molecule has 0 amide bonds. The lowest BCUT2D eigenvalue weighted by Crippen LogP contribution is -2.06. The van der Waals surface area contributed by atoms with E-state index in [0.29, 0.717) is 5.56 Å². The lowest BCUT2D eigenvalue weighted by atomic mass is 9.92. The molecule has 0 bridgehead atoms. The summed E-state index contributed by atoms with van der Waals surface area (Å²) < 4.78 is 2.02. The van der Waals surface area contributed by atoms with E-state index in [9.17, 15) is 4.79 Å². The molecule has 33 heavy (non-hydrogen) atoms. The molecule has 4 nitrogen and oxygen atoms in total. The van der Waals surface area contributed by atoms with Crippen LogP contribution in [-0.2, 0) is 6.42 Å². The molecule has 0 aliphatic rings. The Labute approximate surface area is 197 Å². The summed E-state index contributed by atoms with van der Waals surface area (Å²) in [5.41, 5.74) is 5.54. The number of ketones is 1. The Morgan fingerprint density at radius 1 is 1.00 bits per heavy atom. The number of H-pyrrole nitrogens is 1. The molecule has 3 aromatic carbocycles. The number of thioether (sulfide) groups is 1. The number of carbonyl (C=O) groups is 1. The van der Waals surface area contributed by atoms with Crippen LogP contribution in [0.4, 0.5) is 0 Å². The lowest BCUT2D eigenvalue weighted by Gasteiger charge is -2.09. The third-order valence-electron chi connectivity index (χ3n) is 6.11. The van der Waals surface area contributed by atoms with E-state index in [0.717, 1.165) is 51.1 Å². The number of benzene rings is 3. The molecule has 0 unspecified atom stereocenters. The van der Waals surface area contributed by atoms with Gasteiger partial charge in [-0.15, -0.1) is 0 Å². The average molecular weight is 452 g/mol. The summed E-state index contributed by atoms with van der Waals surface area (Å²) in [5.74, 6) is 1.94. The van der Waals surface area contributed by atoms with E-state index in [4.69, 9.17) is 0 Å². The van der Waals surface area contributed by atoms with Crippen molar-refractivity contribution in [2.24, 2.45) is 0 Å². The van der Waals surface area contributed by atoms with Gasteiger partial charge in [0.05, 0.1) is 18.1 Å². The first-order valence-electron chi connectivity index (χ1n) is 11.0. The van der Waals surface area contributed by atoms with Gasteiger partial charge in [0.15, 0.2) is 5.78 Å². The third kappa shape index (κ3) is 4.00. The Balaban J connectivity index is 1.67. The van der Waals surface area contributed by atoms with E-state index in [1.807, 2.05) is 53.7 Å². The Hall–Kier alpha value is -3.57. The number of aromatic amines is 1. The second kappa shape index (κ2) is 9.12. The second-order valence-corrected chi connectivity index (χ2v) is 9.09. The number of rotatable bonds is 7. The SMILES string of the molecule is CSCCc1ccc(C(=O)c2c(-c3cccc4ccccc34)cn(-c3cnc[nH]3)c2C)cc1. The molecule has 2 heterocycles. The van der Waals surface area contributed by atoms with Gasteiger partial charge in [0.2, 0.25) is 0 Å². The van der Waals surface area contributed by atoms with E-state index in [1.165, 1.54) is 5.56 Å². The summed E-state index contributed by atoms with van der Waals surface area (Å²) in [6.07, 6.45) is 8.59. The van der Waals surface area contributed by atoms with Crippen LogP contribution in [0.3, 0.4) is 0 Å². The summed E-state index contributed by atoms with van der Waals surface area (Å²) in [5, 5.41) is 2.28. The van der Waals surface area contributed by atoms with Crippen molar-refractivity contribution in [3.8, 4) is 16.9 Å². The molecule has 2 aromatic heterocycles. The average Bonchev–Trinajstić information content (AvgIpc) is 3.50. The van der Waals surface area contributed by atoms with Gasteiger partial charge >= 0.3 is 0 Å². The third-order valence-corrected chi connectivity index (χ3v) is 6.72. The monoisotopic (exact) mass is 451 g/mol. The number of carbonyl (C=O) groups excluding carboxylic acids is 1. The summed E-state index contributed by atoms with van der Waals surface area (Å²) in [6.45, 7) is 2.00. The van der Waals surface area contributed by atoms with Gasteiger partial charge < -0.3 is 9.55 Å². The highest BCUT2D eigenvalue weighted by molar-refractivity contribution is 7.98. The molecule has 5 heteroatoms. The highest BCUT2D eigenvalue weighted by Crippen LogP contribution is 2.35. The minimum absolute atomic E-state index is 0.0325. The summed E-state index contributed by atoms with van der Waals surface area (Å²) >= 11 is 1.83. The van der Waals surface area contributed by atoms with Crippen LogP contribution >= 0.6 is 11.8 Å². The molecule has 0 aliphatic carbocycles. The van der Waals surface area contributed by atoms with Crippen LogP contribution in [0.5, 0.6) is 0 Å². The van der Waals surface area contributed by atoms with Gasteiger partial charge in [-0.25, -0.2) is 4.98 Å². The molecular formula is C28H25N3OS. The Bertz CT molecular complexity index is 1410. The first-order chi connectivity index (χ1) is 16.2. The quantitative estimate of drug-likeness (QED) is 0.289. The zero-order valence-corrected chi connectivity index (χ0v) is 19.5. The number of nitrogens with zero attached hydrogens (tertiary/aromatic N) is 2. The lowest BCUT2D eigenvalue weighted by molar-refractivity contribution is 0.103. The van der Waals surface area contributed by atoms with Gasteiger partial charge in [0.1, 0.15) is 5.82 Å². The fourth-order valence-corrected chi connectivity index (χ4v) is 4.81. The molecule has 0 atom stereocenters. The van der Waals surface area contributed by atoms with Crippen LogP contribution < -0.4 is 0 Å². The maximum absolute atomic E-state index is 13.9. The van der Waals surface area contributed by atoms with Crippen molar-refractivity contribution in [3.63, 3.8) is 0 Å². The van der Waals surface area contributed by atoms with Gasteiger partial charge in [-0.05, 0) is 47.3 Å². The van der Waals surface area contributed by atoms with Crippen molar-refractivity contribution in [3.05, 3.63) is 108 Å². The van der Waals surface area contributed by atoms with E-state index in [1.54, 1.807) is 12.5 Å². The predicted octanol–water partition coefficient (Wildman–Crippen LogP) is 6.47. The van der Waals surface area contributed by atoms with E-state index in [-0.39, 0.29) is 5.78 Å². The summed E-state index contributed by atoms with van der Waals surface area (Å²) in [7, 11) is 0. The van der Waals surface area contributed by atoms with Gasteiger partial charge in [-0.2, -0.15) is 11.8 Å². The molecule has 0 radical (unpaired) electrons. The summed E-state index contributed by atoms with van der Waals surface area (Å²) in [6, 6.07) is 22.6. The minimum atomic E-state index is 0.0325. The topological polar surface area (TPSA) is 50.7 Å². The molecule has 0 saturated heterocycles. The number of hydrogen-bond donors (Lipinski definition) is 1. The normalized spacial score (nSPS) is 11.2. The zero-order valence-electron chi connectivity index (χ0n) is 18.7. The van der Waals surface area contributed by atoms with Crippen molar-refractivity contribution in [2.75, 3.05) is 12.0 Å². The van der Waals surface area contributed by atoms with Gasteiger partial charge in [0.25, 0.3) is 0 Å². The van der Waals surface area contributed by atoms with Crippen molar-refractivity contribution < 1.29 is 4.79 Å². The molecule has 1 N–H and O–H groups in total. The van der Waals surface area contributed by atoms with Gasteiger partial charge in [-0.1, -0.05) is 66.7 Å². The van der Waals surface area contributed by atoms with E-state index >= 15 is 0 Å². The van der Waals surface area contributed by atoms with Gasteiger partial charge in [-0.3, -0.25) is 4.79 Å². The fraction of sp³-hybridized carbons (Fsp3) is 0.143. The van der Waals surface area contributed by atoms with Crippen molar-refractivity contribution in [1.82, 2.24) is 14.5 Å². The molecule has 0 spiro atoms. The van der Waals surface area contributed by atoms with Crippen molar-refractivity contribution in [2.45, 2.75) is 13.3 Å². The molecule has 0 saturated carbocycles. The standard InChI is InChI=1S/C28H25N3OS/c1-19-27(28(32)22-12-10-20(11-13-22)14-15-33-2)25(17-31(19)26-16-29-18-30-26)24-9-5-7-21-6-3-4-8-23(21)24/h3-13,16-18H,14-15H2,1-2H3,(H,29,30). The zero-order chi connectivity index (χ0) is 22.8. The molecule has 0 aliphatic heterocycles. The fourth-order valence-electron chi connectivity index (χ4n) is 4.37. The number of fused-ring (bicyclic) bond motifs is 1. The van der Waals surface area contributed by atoms with Crippen LogP contribution in [0, 0.1) is 6.92 Å². The van der Waals surface area contributed by atoms with Crippen LogP contribution in [0.25, 0.3) is 27.7 Å². The Morgan fingerprint density at radius 3 is 2.55 bits per heavy atom. The number of imidazole rings is 1. The first kappa shape index (κ1) is 21.3. The number of hydrogen-bond acceptors (Lipinski definition) is 3. The predicted molar refractivity (Wildman–Crippen MR) is 138 cm³/mol. The first-order valence-corrected chi connectivity index (χ1v) is 12.4. The van der Waals surface area contributed by atoms with Crippen molar-refractivity contribution in [1.29, 1.82) is 0 Å². The largest absolute Gasteiger partial charge is 0.331 e. The highest BCUT2D eigenvalue weighted by atomic mass is 32.2. The van der Waals surface area contributed by atoms with E-state index in [2.05, 4.69) is 58.7 Å². The number of aryl methyl sites for hydroxylation is 1. The smallest absolute Gasteiger partial charge is 0.195 e. The van der Waals surface area contributed by atoms with Crippen LogP contribution in [-0.4, -0.2) is 32.3 Å². The molecule has 164 valence electrons. The minimum Gasteiger partial charge on any atom is -0.331 e. The second-order valence-electron chi connectivity index (χ2n) is 8.11. The van der Waals surface area contributed by atoms with Crippen molar-refractivity contribution >= 4 is 28.3 Å². The van der Waals surface area contributed by atoms with Crippen LogP contribution in [0.2, 0.25) is 0 Å². The van der Waals surface area contributed by atoms with Gasteiger partial charge in [0, 0.05) is 23.0 Å². The highest BCUT2D eigenvalue weighted by Gasteiger charge is 2.23. The summed E-state index contributed by atoms with van der Waals surface area (Å²) in [4.78, 5) is 21.2. The number of nitrogens with one attached hydrogen (secondary N) is 1. The Morgan fingerprint density at radius 2 is 1.79 bits per heavy atom. The maximum atomic E-state index is 13.9. The van der Waals surface area contributed by atoms with Crippen LogP contribution in [0.15, 0.2) is 85.5 Å². The maximum Gasteiger partial charge on any atom is 0.195 e. The number of aromatic nitrogens is 3. The van der Waals surface area contributed by atoms with Crippen LogP contribution in [0.1, 0.15) is 27.2 Å². The molecule has 5 rings (SSSR count). The molecular weight excluding hydrogens is 426 g/mol.